The standard InChI is InChI=1S/C17H21BrN2O3/c1-12-16(13(2)20(3)19-12)7-8-17(21)23-10-9-22-15-6-4-5-14(18)11-15/h4-6,11H,7-10H2,1-3H3. The Morgan fingerprint density at radius 2 is 2.09 bits per heavy atom. The molecule has 0 aliphatic heterocycles. The summed E-state index contributed by atoms with van der Waals surface area (Å²) in [5.74, 6) is 0.530. The quantitative estimate of drug-likeness (QED) is 0.545. The van der Waals surface area contributed by atoms with Crippen LogP contribution in [0.4, 0.5) is 0 Å². The van der Waals surface area contributed by atoms with Gasteiger partial charge in [-0.25, -0.2) is 0 Å². The minimum atomic E-state index is -0.217. The fourth-order valence-electron chi connectivity index (χ4n) is 2.35. The second kappa shape index (κ2) is 8.15. The van der Waals surface area contributed by atoms with E-state index in [-0.39, 0.29) is 12.6 Å². The van der Waals surface area contributed by atoms with Crippen molar-refractivity contribution in [2.75, 3.05) is 13.2 Å². The van der Waals surface area contributed by atoms with E-state index in [0.29, 0.717) is 19.4 Å². The van der Waals surface area contributed by atoms with Crippen LogP contribution < -0.4 is 4.74 Å². The van der Waals surface area contributed by atoms with E-state index in [2.05, 4.69) is 21.0 Å². The first-order valence-corrected chi connectivity index (χ1v) is 8.29. The molecule has 1 aromatic carbocycles. The number of rotatable bonds is 7. The van der Waals surface area contributed by atoms with E-state index in [1.165, 1.54) is 0 Å². The molecule has 0 aliphatic rings. The van der Waals surface area contributed by atoms with Gasteiger partial charge in [-0.2, -0.15) is 5.10 Å². The SMILES string of the molecule is Cc1nn(C)c(C)c1CCC(=O)OCCOc1cccc(Br)c1. The van der Waals surface area contributed by atoms with Crippen molar-refractivity contribution < 1.29 is 14.3 Å². The Bertz CT molecular complexity index is 682. The van der Waals surface area contributed by atoms with Gasteiger partial charge in [0.15, 0.2) is 0 Å². The summed E-state index contributed by atoms with van der Waals surface area (Å²) in [6.45, 7) is 4.55. The lowest BCUT2D eigenvalue weighted by Gasteiger charge is -2.08. The number of nitrogens with zero attached hydrogens (tertiary/aromatic N) is 2. The molecular weight excluding hydrogens is 360 g/mol. The molecule has 0 spiro atoms. The molecule has 2 rings (SSSR count). The Morgan fingerprint density at radius 3 is 2.74 bits per heavy atom. The molecule has 0 radical (unpaired) electrons. The van der Waals surface area contributed by atoms with E-state index in [0.717, 1.165) is 27.2 Å². The number of hydrogen-bond acceptors (Lipinski definition) is 4. The maximum Gasteiger partial charge on any atom is 0.306 e. The van der Waals surface area contributed by atoms with Gasteiger partial charge in [0.1, 0.15) is 19.0 Å². The molecule has 6 heteroatoms. The highest BCUT2D eigenvalue weighted by molar-refractivity contribution is 9.10. The summed E-state index contributed by atoms with van der Waals surface area (Å²) in [5.41, 5.74) is 3.18. The van der Waals surface area contributed by atoms with Gasteiger partial charge in [0.25, 0.3) is 0 Å². The summed E-state index contributed by atoms with van der Waals surface area (Å²) in [6, 6.07) is 7.55. The van der Waals surface area contributed by atoms with Gasteiger partial charge in [-0.15, -0.1) is 0 Å². The van der Waals surface area contributed by atoms with Crippen molar-refractivity contribution in [1.82, 2.24) is 9.78 Å². The average molecular weight is 381 g/mol. The van der Waals surface area contributed by atoms with Gasteiger partial charge in [0.2, 0.25) is 0 Å². The number of aromatic nitrogens is 2. The van der Waals surface area contributed by atoms with Crippen LogP contribution in [-0.2, 0) is 23.0 Å². The molecule has 0 atom stereocenters. The van der Waals surface area contributed by atoms with Crippen LogP contribution in [0.1, 0.15) is 23.4 Å². The highest BCUT2D eigenvalue weighted by Crippen LogP contribution is 2.17. The molecule has 2 aromatic rings. The third-order valence-electron chi connectivity index (χ3n) is 3.65. The smallest absolute Gasteiger partial charge is 0.306 e. The fraction of sp³-hybridized carbons (Fsp3) is 0.412. The van der Waals surface area contributed by atoms with Gasteiger partial charge in [0, 0.05) is 23.6 Å². The molecule has 0 fully saturated rings. The number of halogens is 1. The molecule has 124 valence electrons. The molecule has 0 bridgehead atoms. The van der Waals surface area contributed by atoms with Gasteiger partial charge in [-0.05, 0) is 44.0 Å². The maximum absolute atomic E-state index is 11.8. The van der Waals surface area contributed by atoms with Crippen LogP contribution in [-0.4, -0.2) is 29.0 Å². The van der Waals surface area contributed by atoms with Crippen LogP contribution in [0.25, 0.3) is 0 Å². The van der Waals surface area contributed by atoms with E-state index < -0.39 is 0 Å². The molecule has 0 aliphatic carbocycles. The molecular formula is C17H21BrN2O3. The number of benzene rings is 1. The highest BCUT2D eigenvalue weighted by atomic mass is 79.9. The summed E-state index contributed by atoms with van der Waals surface area (Å²) < 4.78 is 13.5. The first-order chi connectivity index (χ1) is 11.0. The summed E-state index contributed by atoms with van der Waals surface area (Å²) in [5, 5.41) is 4.35. The van der Waals surface area contributed by atoms with Gasteiger partial charge < -0.3 is 9.47 Å². The van der Waals surface area contributed by atoms with Crippen molar-refractivity contribution in [1.29, 1.82) is 0 Å². The first kappa shape index (κ1) is 17.5. The first-order valence-electron chi connectivity index (χ1n) is 7.50. The van der Waals surface area contributed by atoms with Gasteiger partial charge in [-0.1, -0.05) is 22.0 Å². The second-order valence-corrected chi connectivity index (χ2v) is 6.21. The van der Waals surface area contributed by atoms with Crippen molar-refractivity contribution in [3.05, 3.63) is 45.7 Å². The lowest BCUT2D eigenvalue weighted by molar-refractivity contribution is -0.144. The molecule has 1 aromatic heterocycles. The van der Waals surface area contributed by atoms with Gasteiger partial charge in [-0.3, -0.25) is 9.48 Å². The predicted molar refractivity (Wildman–Crippen MR) is 91.6 cm³/mol. The van der Waals surface area contributed by atoms with Crippen molar-refractivity contribution in [2.45, 2.75) is 26.7 Å². The van der Waals surface area contributed by atoms with E-state index in [4.69, 9.17) is 9.47 Å². The highest BCUT2D eigenvalue weighted by Gasteiger charge is 2.12. The van der Waals surface area contributed by atoms with Gasteiger partial charge in [0.05, 0.1) is 5.69 Å². The van der Waals surface area contributed by atoms with Crippen LogP contribution in [0, 0.1) is 13.8 Å². The Hall–Kier alpha value is -1.82. The zero-order valence-corrected chi connectivity index (χ0v) is 15.2. The monoisotopic (exact) mass is 380 g/mol. The number of ether oxygens (including phenoxy) is 2. The number of carbonyl (C=O) groups excluding carboxylic acids is 1. The zero-order chi connectivity index (χ0) is 16.8. The molecule has 0 N–H and O–H groups in total. The largest absolute Gasteiger partial charge is 0.490 e. The van der Waals surface area contributed by atoms with Crippen molar-refractivity contribution in [3.8, 4) is 5.75 Å². The Morgan fingerprint density at radius 1 is 1.30 bits per heavy atom. The van der Waals surface area contributed by atoms with Crippen LogP contribution >= 0.6 is 15.9 Å². The molecule has 23 heavy (non-hydrogen) atoms. The number of hydrogen-bond donors (Lipinski definition) is 0. The molecule has 5 nitrogen and oxygen atoms in total. The number of aryl methyl sites for hydroxylation is 2. The summed E-state index contributed by atoms with van der Waals surface area (Å²) in [7, 11) is 1.91. The summed E-state index contributed by atoms with van der Waals surface area (Å²) >= 11 is 3.38. The van der Waals surface area contributed by atoms with Gasteiger partial charge >= 0.3 is 5.97 Å². The summed E-state index contributed by atoms with van der Waals surface area (Å²) in [6.07, 6.45) is 1.00. The molecule has 0 saturated carbocycles. The van der Waals surface area contributed by atoms with Crippen LogP contribution in [0.15, 0.2) is 28.7 Å². The average Bonchev–Trinajstić information content (AvgIpc) is 2.75. The van der Waals surface area contributed by atoms with E-state index >= 15 is 0 Å². The van der Waals surface area contributed by atoms with Crippen LogP contribution in [0.2, 0.25) is 0 Å². The normalized spacial score (nSPS) is 10.6. The van der Waals surface area contributed by atoms with Crippen molar-refractivity contribution >= 4 is 21.9 Å². The minimum Gasteiger partial charge on any atom is -0.490 e. The lowest BCUT2D eigenvalue weighted by Crippen LogP contribution is -2.13. The molecule has 0 saturated heterocycles. The van der Waals surface area contributed by atoms with Crippen LogP contribution in [0.3, 0.4) is 0 Å². The Balaban J connectivity index is 1.69. The summed E-state index contributed by atoms with van der Waals surface area (Å²) in [4.78, 5) is 11.8. The second-order valence-electron chi connectivity index (χ2n) is 5.30. The number of carbonyl (C=O) groups is 1. The number of esters is 1. The molecule has 1 heterocycles. The minimum absolute atomic E-state index is 0.217. The van der Waals surface area contributed by atoms with E-state index in [1.807, 2.05) is 49.8 Å². The Labute approximate surface area is 144 Å². The van der Waals surface area contributed by atoms with Crippen LogP contribution in [0.5, 0.6) is 5.75 Å². The molecule has 0 amide bonds. The third-order valence-corrected chi connectivity index (χ3v) is 4.14. The lowest BCUT2D eigenvalue weighted by atomic mass is 10.1. The third kappa shape index (κ3) is 5.10. The van der Waals surface area contributed by atoms with Crippen molar-refractivity contribution in [3.63, 3.8) is 0 Å². The Kier molecular flexibility index (Phi) is 6.21. The molecule has 0 unspecified atom stereocenters. The zero-order valence-electron chi connectivity index (χ0n) is 13.6. The topological polar surface area (TPSA) is 53.4 Å². The van der Waals surface area contributed by atoms with Crippen molar-refractivity contribution in [2.24, 2.45) is 7.05 Å². The van der Waals surface area contributed by atoms with E-state index in [1.54, 1.807) is 0 Å². The maximum atomic E-state index is 11.8. The fourth-order valence-corrected chi connectivity index (χ4v) is 2.73. The predicted octanol–water partition coefficient (Wildman–Crippen LogP) is 3.35. The van der Waals surface area contributed by atoms with E-state index in [9.17, 15) is 4.79 Å².